The predicted molar refractivity (Wildman–Crippen MR) is 110 cm³/mol. The Bertz CT molecular complexity index is 980. The molecule has 3 N–H and O–H groups in total. The SMILES string of the molecule is Cc1ncc(Cl)cc1C(=O)N[C@H]1CC[C@H](CNc2n[nH]c3ncccc23)CC1. The number of hydrogen-bond acceptors (Lipinski definition) is 5. The lowest BCUT2D eigenvalue weighted by atomic mass is 9.86. The Morgan fingerprint density at radius 2 is 2.11 bits per heavy atom. The van der Waals surface area contributed by atoms with Gasteiger partial charge in [-0.15, -0.1) is 0 Å². The van der Waals surface area contributed by atoms with Crippen LogP contribution in [0.3, 0.4) is 0 Å². The summed E-state index contributed by atoms with van der Waals surface area (Å²) >= 11 is 5.98. The van der Waals surface area contributed by atoms with Crippen LogP contribution in [0.5, 0.6) is 0 Å². The minimum atomic E-state index is -0.0930. The predicted octanol–water partition coefficient (Wildman–Crippen LogP) is 3.72. The van der Waals surface area contributed by atoms with E-state index in [4.69, 9.17) is 11.6 Å². The highest BCUT2D eigenvalue weighted by atomic mass is 35.5. The van der Waals surface area contributed by atoms with Gasteiger partial charge in [0, 0.05) is 25.0 Å². The van der Waals surface area contributed by atoms with E-state index < -0.39 is 0 Å². The number of nitrogens with zero attached hydrogens (tertiary/aromatic N) is 3. The Morgan fingerprint density at radius 3 is 2.93 bits per heavy atom. The van der Waals surface area contributed by atoms with Gasteiger partial charge in [0.05, 0.1) is 21.7 Å². The molecule has 1 amide bonds. The molecule has 0 aliphatic heterocycles. The van der Waals surface area contributed by atoms with Crippen molar-refractivity contribution < 1.29 is 4.79 Å². The molecule has 3 heterocycles. The van der Waals surface area contributed by atoms with Crippen molar-refractivity contribution >= 4 is 34.4 Å². The average molecular weight is 399 g/mol. The molecule has 0 spiro atoms. The average Bonchev–Trinajstić information content (AvgIpc) is 3.12. The Balaban J connectivity index is 1.27. The molecular weight excluding hydrogens is 376 g/mol. The summed E-state index contributed by atoms with van der Waals surface area (Å²) in [6, 6.07) is 5.79. The summed E-state index contributed by atoms with van der Waals surface area (Å²) in [7, 11) is 0. The van der Waals surface area contributed by atoms with E-state index >= 15 is 0 Å². The Morgan fingerprint density at radius 1 is 1.29 bits per heavy atom. The third-order valence-corrected chi connectivity index (χ3v) is 5.58. The van der Waals surface area contributed by atoms with Crippen molar-refractivity contribution in [3.8, 4) is 0 Å². The van der Waals surface area contributed by atoms with Crippen LogP contribution in [-0.4, -0.2) is 38.7 Å². The van der Waals surface area contributed by atoms with Gasteiger partial charge in [-0.25, -0.2) is 4.98 Å². The number of fused-ring (bicyclic) bond motifs is 1. The van der Waals surface area contributed by atoms with Crippen LogP contribution >= 0.6 is 11.6 Å². The number of H-pyrrole nitrogens is 1. The lowest BCUT2D eigenvalue weighted by molar-refractivity contribution is 0.0921. The first-order valence-corrected chi connectivity index (χ1v) is 9.94. The van der Waals surface area contributed by atoms with E-state index in [9.17, 15) is 4.79 Å². The quantitative estimate of drug-likeness (QED) is 0.608. The molecule has 4 rings (SSSR count). The molecular formula is C20H23ClN6O. The van der Waals surface area contributed by atoms with Crippen molar-refractivity contribution in [3.05, 3.63) is 46.9 Å². The fraction of sp³-hybridized carbons (Fsp3) is 0.400. The number of aromatic nitrogens is 4. The molecule has 3 aromatic heterocycles. The van der Waals surface area contributed by atoms with Crippen LogP contribution in [0.15, 0.2) is 30.6 Å². The van der Waals surface area contributed by atoms with Crippen molar-refractivity contribution in [2.75, 3.05) is 11.9 Å². The second-order valence-electron chi connectivity index (χ2n) is 7.33. The highest BCUT2D eigenvalue weighted by Crippen LogP contribution is 2.26. The normalized spacial score (nSPS) is 19.5. The van der Waals surface area contributed by atoms with Gasteiger partial charge in [0.1, 0.15) is 0 Å². The van der Waals surface area contributed by atoms with Crippen LogP contribution in [0, 0.1) is 12.8 Å². The third kappa shape index (κ3) is 4.09. The van der Waals surface area contributed by atoms with Gasteiger partial charge in [-0.05, 0) is 56.7 Å². The number of hydrogen-bond donors (Lipinski definition) is 3. The fourth-order valence-electron chi connectivity index (χ4n) is 3.74. The number of carbonyl (C=O) groups is 1. The molecule has 0 atom stereocenters. The lowest BCUT2D eigenvalue weighted by Gasteiger charge is -2.29. The molecule has 0 radical (unpaired) electrons. The molecule has 8 heteroatoms. The van der Waals surface area contributed by atoms with Crippen LogP contribution in [-0.2, 0) is 0 Å². The number of carbonyl (C=O) groups excluding carboxylic acids is 1. The Hall–Kier alpha value is -2.67. The second kappa shape index (κ2) is 8.14. The summed E-state index contributed by atoms with van der Waals surface area (Å²) in [5.74, 6) is 1.32. The molecule has 1 aliphatic rings. The zero-order chi connectivity index (χ0) is 19.5. The largest absolute Gasteiger partial charge is 0.368 e. The molecule has 0 bridgehead atoms. The van der Waals surface area contributed by atoms with E-state index in [0.29, 0.717) is 22.2 Å². The van der Waals surface area contributed by atoms with E-state index in [1.54, 1.807) is 18.5 Å². The van der Waals surface area contributed by atoms with Crippen molar-refractivity contribution in [3.63, 3.8) is 0 Å². The number of halogens is 1. The standard InChI is InChI=1S/C20H23ClN6O/c1-12-17(9-14(21)11-23-12)20(28)25-15-6-4-13(5-7-15)10-24-19-16-3-2-8-22-18(16)26-27-19/h2-3,8-9,11,13,15H,4-7,10H2,1H3,(H,25,28)(H2,22,24,26,27)/t13-,15-. The van der Waals surface area contributed by atoms with Crippen molar-refractivity contribution in [1.29, 1.82) is 0 Å². The summed E-state index contributed by atoms with van der Waals surface area (Å²) in [6.07, 6.45) is 7.37. The first kappa shape index (κ1) is 18.7. The van der Waals surface area contributed by atoms with Gasteiger partial charge < -0.3 is 10.6 Å². The molecule has 0 unspecified atom stereocenters. The first-order chi connectivity index (χ1) is 13.6. The molecule has 1 fully saturated rings. The van der Waals surface area contributed by atoms with E-state index in [0.717, 1.165) is 49.1 Å². The molecule has 146 valence electrons. The van der Waals surface area contributed by atoms with Crippen LogP contribution < -0.4 is 10.6 Å². The van der Waals surface area contributed by atoms with E-state index in [1.807, 2.05) is 19.1 Å². The first-order valence-electron chi connectivity index (χ1n) is 9.56. The summed E-state index contributed by atoms with van der Waals surface area (Å²) in [5, 5.41) is 15.3. The summed E-state index contributed by atoms with van der Waals surface area (Å²) < 4.78 is 0. The number of amides is 1. The van der Waals surface area contributed by atoms with Gasteiger partial charge in [0.2, 0.25) is 0 Å². The van der Waals surface area contributed by atoms with Crippen molar-refractivity contribution in [2.24, 2.45) is 5.92 Å². The number of anilines is 1. The maximum Gasteiger partial charge on any atom is 0.253 e. The van der Waals surface area contributed by atoms with Crippen LogP contribution in [0.2, 0.25) is 5.02 Å². The molecule has 3 aromatic rings. The van der Waals surface area contributed by atoms with Gasteiger partial charge >= 0.3 is 0 Å². The summed E-state index contributed by atoms with van der Waals surface area (Å²) in [6.45, 7) is 2.69. The van der Waals surface area contributed by atoms with Crippen LogP contribution in [0.25, 0.3) is 11.0 Å². The maximum atomic E-state index is 12.5. The van der Waals surface area contributed by atoms with Crippen molar-refractivity contribution in [2.45, 2.75) is 38.6 Å². The van der Waals surface area contributed by atoms with Gasteiger partial charge in [-0.2, -0.15) is 5.10 Å². The number of aromatic amines is 1. The van der Waals surface area contributed by atoms with Crippen molar-refractivity contribution in [1.82, 2.24) is 25.5 Å². The monoisotopic (exact) mass is 398 g/mol. The third-order valence-electron chi connectivity index (χ3n) is 5.37. The zero-order valence-corrected chi connectivity index (χ0v) is 16.5. The Kier molecular flexibility index (Phi) is 5.43. The van der Waals surface area contributed by atoms with Crippen LogP contribution in [0.1, 0.15) is 41.7 Å². The van der Waals surface area contributed by atoms with E-state index in [-0.39, 0.29) is 11.9 Å². The topological polar surface area (TPSA) is 95.6 Å². The molecule has 7 nitrogen and oxygen atoms in total. The maximum absolute atomic E-state index is 12.5. The van der Waals surface area contributed by atoms with Gasteiger partial charge in [0.15, 0.2) is 11.5 Å². The zero-order valence-electron chi connectivity index (χ0n) is 15.7. The van der Waals surface area contributed by atoms with Gasteiger partial charge in [-0.3, -0.25) is 14.9 Å². The molecule has 1 saturated carbocycles. The smallest absolute Gasteiger partial charge is 0.253 e. The minimum absolute atomic E-state index is 0.0930. The minimum Gasteiger partial charge on any atom is -0.368 e. The second-order valence-corrected chi connectivity index (χ2v) is 7.77. The number of nitrogens with one attached hydrogen (secondary N) is 3. The highest BCUT2D eigenvalue weighted by molar-refractivity contribution is 6.30. The number of rotatable bonds is 5. The van der Waals surface area contributed by atoms with Gasteiger partial charge in [0.25, 0.3) is 5.91 Å². The molecule has 1 aliphatic carbocycles. The number of pyridine rings is 2. The summed E-state index contributed by atoms with van der Waals surface area (Å²) in [4.78, 5) is 21.0. The van der Waals surface area contributed by atoms with E-state index in [2.05, 4.69) is 30.8 Å². The summed E-state index contributed by atoms with van der Waals surface area (Å²) in [5.41, 5.74) is 2.04. The Labute approximate surface area is 168 Å². The lowest BCUT2D eigenvalue weighted by Crippen LogP contribution is -2.38. The van der Waals surface area contributed by atoms with Crippen LogP contribution in [0.4, 0.5) is 5.82 Å². The van der Waals surface area contributed by atoms with E-state index in [1.165, 1.54) is 0 Å². The molecule has 0 aromatic carbocycles. The fourth-order valence-corrected chi connectivity index (χ4v) is 3.90. The highest BCUT2D eigenvalue weighted by Gasteiger charge is 2.24. The molecule has 28 heavy (non-hydrogen) atoms. The van der Waals surface area contributed by atoms with Gasteiger partial charge in [-0.1, -0.05) is 11.6 Å². The molecule has 0 saturated heterocycles. The number of aryl methyl sites for hydroxylation is 1.